The van der Waals surface area contributed by atoms with E-state index in [0.717, 1.165) is 6.92 Å². The van der Waals surface area contributed by atoms with E-state index in [1.54, 1.807) is 0 Å². The molecule has 33 heavy (non-hydrogen) atoms. The molecular weight excluding hydrogens is 487 g/mol. The first-order valence-electron chi connectivity index (χ1n) is 8.83. The second-order valence-electron chi connectivity index (χ2n) is 6.99. The summed E-state index contributed by atoms with van der Waals surface area (Å²) < 4.78 is 176. The number of rotatable bonds is 4. The molecule has 0 N–H and O–H groups in total. The third-order valence-corrected chi connectivity index (χ3v) is 4.74. The van der Waals surface area contributed by atoms with Crippen LogP contribution in [-0.2, 0) is 18.3 Å². The molecule has 0 aliphatic carbocycles. The third kappa shape index (κ3) is 4.37. The SMILES string of the molecule is CCc1[c]c(C)cc(C(F)(C(F)(F)F)C(F)(F)C(F)(F)F)c1-c1ccc(F)c(C(F)(F)F)c1. The molecule has 0 bridgehead atoms. The van der Waals surface area contributed by atoms with Crippen LogP contribution in [0.15, 0.2) is 24.3 Å². The molecule has 2 rings (SSSR count). The van der Waals surface area contributed by atoms with Crippen molar-refractivity contribution in [1.82, 2.24) is 0 Å². The first-order valence-corrected chi connectivity index (χ1v) is 8.83. The molecular formula is C20H12F13. The van der Waals surface area contributed by atoms with Crippen molar-refractivity contribution in [2.24, 2.45) is 0 Å². The topological polar surface area (TPSA) is 0 Å². The van der Waals surface area contributed by atoms with E-state index in [2.05, 4.69) is 6.07 Å². The lowest BCUT2D eigenvalue weighted by Crippen LogP contribution is -2.60. The Bertz CT molecular complexity index is 1030. The number of benzene rings is 2. The van der Waals surface area contributed by atoms with Crippen molar-refractivity contribution >= 4 is 0 Å². The highest BCUT2D eigenvalue weighted by atomic mass is 19.4. The van der Waals surface area contributed by atoms with Crippen LogP contribution in [0, 0.1) is 18.8 Å². The summed E-state index contributed by atoms with van der Waals surface area (Å²) in [4.78, 5) is 0. The van der Waals surface area contributed by atoms with Crippen LogP contribution in [0.4, 0.5) is 57.1 Å². The maximum atomic E-state index is 15.3. The second-order valence-corrected chi connectivity index (χ2v) is 6.99. The first-order chi connectivity index (χ1) is 14.7. The molecule has 0 saturated heterocycles. The molecule has 0 aromatic heterocycles. The van der Waals surface area contributed by atoms with E-state index in [9.17, 15) is 52.7 Å². The molecule has 0 heterocycles. The molecule has 1 radical (unpaired) electrons. The van der Waals surface area contributed by atoms with Gasteiger partial charge in [-0.25, -0.2) is 8.78 Å². The van der Waals surface area contributed by atoms with E-state index in [4.69, 9.17) is 0 Å². The summed E-state index contributed by atoms with van der Waals surface area (Å²) >= 11 is 0. The van der Waals surface area contributed by atoms with Gasteiger partial charge in [0.25, 0.3) is 0 Å². The van der Waals surface area contributed by atoms with Crippen LogP contribution in [0.1, 0.15) is 29.2 Å². The van der Waals surface area contributed by atoms with Gasteiger partial charge in [-0.05, 0) is 53.8 Å². The number of aryl methyl sites for hydroxylation is 2. The molecule has 0 nitrogen and oxygen atoms in total. The van der Waals surface area contributed by atoms with E-state index in [0.29, 0.717) is 6.07 Å². The van der Waals surface area contributed by atoms with Crippen molar-refractivity contribution in [3.8, 4) is 11.1 Å². The van der Waals surface area contributed by atoms with Crippen LogP contribution in [0.2, 0.25) is 0 Å². The van der Waals surface area contributed by atoms with Gasteiger partial charge in [-0.15, -0.1) is 0 Å². The number of halogens is 13. The summed E-state index contributed by atoms with van der Waals surface area (Å²) in [5.74, 6) is -8.94. The van der Waals surface area contributed by atoms with Gasteiger partial charge < -0.3 is 0 Å². The van der Waals surface area contributed by atoms with Gasteiger partial charge in [-0.2, -0.15) is 48.3 Å². The Morgan fingerprint density at radius 3 is 1.73 bits per heavy atom. The van der Waals surface area contributed by atoms with Crippen LogP contribution < -0.4 is 0 Å². The van der Waals surface area contributed by atoms with Crippen molar-refractivity contribution in [2.75, 3.05) is 0 Å². The Morgan fingerprint density at radius 2 is 1.30 bits per heavy atom. The maximum Gasteiger partial charge on any atom is 0.457 e. The summed E-state index contributed by atoms with van der Waals surface area (Å²) in [7, 11) is 0. The predicted molar refractivity (Wildman–Crippen MR) is 89.6 cm³/mol. The highest BCUT2D eigenvalue weighted by molar-refractivity contribution is 5.74. The minimum atomic E-state index is -7.04. The van der Waals surface area contributed by atoms with E-state index in [-0.39, 0.29) is 18.2 Å². The van der Waals surface area contributed by atoms with E-state index < -0.39 is 75.7 Å². The van der Waals surface area contributed by atoms with Crippen molar-refractivity contribution < 1.29 is 57.1 Å². The second kappa shape index (κ2) is 8.08. The summed E-state index contributed by atoms with van der Waals surface area (Å²) in [6, 6.07) is 2.75. The Kier molecular flexibility index (Phi) is 6.56. The molecule has 183 valence electrons. The molecule has 1 unspecified atom stereocenters. The third-order valence-electron chi connectivity index (χ3n) is 4.74. The molecule has 0 aliphatic rings. The van der Waals surface area contributed by atoms with Crippen molar-refractivity contribution in [2.45, 2.75) is 50.4 Å². The zero-order valence-electron chi connectivity index (χ0n) is 16.4. The van der Waals surface area contributed by atoms with E-state index >= 15 is 4.39 Å². The fraction of sp³-hybridized carbons (Fsp3) is 0.400. The standard InChI is InChI=1S/C20H12F13/c1-3-10-6-9(2)7-13(16(22,19(28,29)30)18(26,27)20(31,32)33)15(10)11-4-5-14(21)12(8-11)17(23,24)25/h4-5,7-8H,3H2,1-2H3. The lowest BCUT2D eigenvalue weighted by Gasteiger charge is -2.37. The predicted octanol–water partition coefficient (Wildman–Crippen LogP) is 8.11. The van der Waals surface area contributed by atoms with Crippen LogP contribution in [0.5, 0.6) is 0 Å². The van der Waals surface area contributed by atoms with Crippen molar-refractivity contribution in [3.63, 3.8) is 0 Å². The molecule has 13 heteroatoms. The number of hydrogen-bond donors (Lipinski definition) is 0. The molecule has 0 amide bonds. The minimum Gasteiger partial charge on any atom is -0.221 e. The van der Waals surface area contributed by atoms with Gasteiger partial charge in [0.05, 0.1) is 5.56 Å². The van der Waals surface area contributed by atoms with E-state index in [1.807, 2.05) is 0 Å². The molecule has 0 spiro atoms. The Morgan fingerprint density at radius 1 is 0.758 bits per heavy atom. The average Bonchev–Trinajstić information content (AvgIpc) is 2.64. The largest absolute Gasteiger partial charge is 0.457 e. The average molecular weight is 499 g/mol. The highest BCUT2D eigenvalue weighted by Gasteiger charge is 2.82. The monoisotopic (exact) mass is 499 g/mol. The Labute approximate surface area is 178 Å². The maximum absolute atomic E-state index is 15.3. The fourth-order valence-corrected chi connectivity index (χ4v) is 3.25. The van der Waals surface area contributed by atoms with Gasteiger partial charge in [0.2, 0.25) is 0 Å². The summed E-state index contributed by atoms with van der Waals surface area (Å²) in [5.41, 5.74) is -14.2. The smallest absolute Gasteiger partial charge is 0.221 e. The van der Waals surface area contributed by atoms with Crippen molar-refractivity contribution in [3.05, 3.63) is 58.4 Å². The van der Waals surface area contributed by atoms with Gasteiger partial charge in [-0.1, -0.05) is 19.1 Å². The lowest BCUT2D eigenvalue weighted by molar-refractivity contribution is -0.389. The van der Waals surface area contributed by atoms with E-state index in [1.165, 1.54) is 6.92 Å². The van der Waals surface area contributed by atoms with Gasteiger partial charge >= 0.3 is 30.1 Å². The van der Waals surface area contributed by atoms with Crippen LogP contribution >= 0.6 is 0 Å². The highest BCUT2D eigenvalue weighted by Crippen LogP contribution is 2.60. The Balaban J connectivity index is 3.10. The van der Waals surface area contributed by atoms with Gasteiger partial charge in [0.1, 0.15) is 5.82 Å². The van der Waals surface area contributed by atoms with Gasteiger partial charge in [-0.3, -0.25) is 0 Å². The molecule has 1 atom stereocenters. The normalized spacial score (nSPS) is 15.5. The quantitative estimate of drug-likeness (QED) is 0.373. The zero-order valence-corrected chi connectivity index (χ0v) is 16.4. The van der Waals surface area contributed by atoms with Gasteiger partial charge in [0.15, 0.2) is 0 Å². The lowest BCUT2D eigenvalue weighted by atomic mass is 9.79. The summed E-state index contributed by atoms with van der Waals surface area (Å²) in [6.07, 6.45) is -19.8. The fourth-order valence-electron chi connectivity index (χ4n) is 3.25. The zero-order chi connectivity index (χ0) is 25.8. The van der Waals surface area contributed by atoms with Crippen LogP contribution in [0.3, 0.4) is 0 Å². The van der Waals surface area contributed by atoms with Crippen LogP contribution in [-0.4, -0.2) is 18.3 Å². The van der Waals surface area contributed by atoms with Gasteiger partial charge in [0, 0.05) is 5.56 Å². The summed E-state index contributed by atoms with van der Waals surface area (Å²) in [6.45, 7) is 2.09. The molecule has 0 saturated carbocycles. The molecule has 0 fully saturated rings. The minimum absolute atomic E-state index is 0.00173. The summed E-state index contributed by atoms with van der Waals surface area (Å²) in [5, 5.41) is 0. The first kappa shape index (κ1) is 26.8. The van der Waals surface area contributed by atoms with Crippen molar-refractivity contribution in [1.29, 1.82) is 0 Å². The molecule has 0 aliphatic heterocycles. The number of alkyl halides is 12. The molecule has 2 aromatic rings. The number of hydrogen-bond acceptors (Lipinski definition) is 0. The molecule has 2 aromatic carbocycles. The Hall–Kier alpha value is -2.47. The van der Waals surface area contributed by atoms with Crippen LogP contribution in [0.25, 0.3) is 11.1 Å².